The van der Waals surface area contributed by atoms with E-state index in [-0.39, 0.29) is 0 Å². The number of nitrogens with one attached hydrogen (secondary N) is 1. The lowest BCUT2D eigenvalue weighted by atomic mass is 10.1. The molecule has 0 aromatic heterocycles. The van der Waals surface area contributed by atoms with Gasteiger partial charge in [0, 0.05) is 5.69 Å². The maximum atomic E-state index is 9.09. The van der Waals surface area contributed by atoms with E-state index < -0.39 is 0 Å². The van der Waals surface area contributed by atoms with E-state index >= 15 is 0 Å². The van der Waals surface area contributed by atoms with Crippen molar-refractivity contribution in [3.05, 3.63) is 53.6 Å². The Morgan fingerprint density at radius 2 is 1.89 bits per heavy atom. The Balaban J connectivity index is 2.21. The Morgan fingerprint density at radius 3 is 2.53 bits per heavy atom. The van der Waals surface area contributed by atoms with E-state index in [1.54, 1.807) is 0 Å². The van der Waals surface area contributed by atoms with Gasteiger partial charge < -0.3 is 10.1 Å². The predicted octanol–water partition coefficient (Wildman–Crippen LogP) is 4.01. The van der Waals surface area contributed by atoms with Crippen LogP contribution in [0.3, 0.4) is 0 Å². The molecular weight excluding hydrogens is 236 g/mol. The molecule has 0 bridgehead atoms. The standard InChI is InChI=1S/C16H16N2O/c1-3-19-15-8-6-14(7-9-15)18-16-10-12(2)4-5-13(16)11-17/h4-10,18H,3H2,1-2H3. The van der Waals surface area contributed by atoms with Crippen molar-refractivity contribution in [3.8, 4) is 11.8 Å². The van der Waals surface area contributed by atoms with Crippen LogP contribution in [-0.2, 0) is 0 Å². The summed E-state index contributed by atoms with van der Waals surface area (Å²) < 4.78 is 5.39. The Bertz CT molecular complexity index is 597. The lowest BCUT2D eigenvalue weighted by Gasteiger charge is -2.10. The number of benzene rings is 2. The molecule has 0 heterocycles. The molecule has 19 heavy (non-hydrogen) atoms. The molecule has 0 aliphatic rings. The third-order valence-electron chi connectivity index (χ3n) is 2.74. The van der Waals surface area contributed by atoms with Gasteiger partial charge in [-0.1, -0.05) is 6.07 Å². The van der Waals surface area contributed by atoms with Crippen LogP contribution in [0.2, 0.25) is 0 Å². The fourth-order valence-corrected chi connectivity index (χ4v) is 1.82. The van der Waals surface area contributed by atoms with Crippen LogP contribution >= 0.6 is 0 Å². The summed E-state index contributed by atoms with van der Waals surface area (Å²) in [6, 6.07) is 15.6. The van der Waals surface area contributed by atoms with Gasteiger partial charge in [0.15, 0.2) is 0 Å². The minimum atomic E-state index is 0.638. The Kier molecular flexibility index (Phi) is 4.04. The number of anilines is 2. The number of rotatable bonds is 4. The summed E-state index contributed by atoms with van der Waals surface area (Å²) in [5.41, 5.74) is 3.52. The van der Waals surface area contributed by atoms with Crippen LogP contribution in [0, 0.1) is 18.3 Å². The smallest absolute Gasteiger partial charge is 0.119 e. The van der Waals surface area contributed by atoms with Crippen LogP contribution in [0.5, 0.6) is 5.75 Å². The Morgan fingerprint density at radius 1 is 1.16 bits per heavy atom. The fourth-order valence-electron chi connectivity index (χ4n) is 1.82. The lowest BCUT2D eigenvalue weighted by molar-refractivity contribution is 0.340. The molecule has 0 aliphatic heterocycles. The van der Waals surface area contributed by atoms with Crippen LogP contribution in [0.1, 0.15) is 18.1 Å². The van der Waals surface area contributed by atoms with Gasteiger partial charge in [-0.05, 0) is 55.8 Å². The van der Waals surface area contributed by atoms with Crippen LogP contribution < -0.4 is 10.1 Å². The van der Waals surface area contributed by atoms with Gasteiger partial charge in [-0.2, -0.15) is 5.26 Å². The highest BCUT2D eigenvalue weighted by molar-refractivity contribution is 5.67. The van der Waals surface area contributed by atoms with Crippen molar-refractivity contribution in [3.63, 3.8) is 0 Å². The van der Waals surface area contributed by atoms with Crippen molar-refractivity contribution in [2.45, 2.75) is 13.8 Å². The van der Waals surface area contributed by atoms with Crippen molar-refractivity contribution in [2.75, 3.05) is 11.9 Å². The van der Waals surface area contributed by atoms with Gasteiger partial charge in [0.2, 0.25) is 0 Å². The van der Waals surface area contributed by atoms with Gasteiger partial charge in [0.25, 0.3) is 0 Å². The quantitative estimate of drug-likeness (QED) is 0.894. The summed E-state index contributed by atoms with van der Waals surface area (Å²) in [5.74, 6) is 0.845. The first-order valence-corrected chi connectivity index (χ1v) is 6.23. The van der Waals surface area contributed by atoms with Gasteiger partial charge in [-0.15, -0.1) is 0 Å². The van der Waals surface area contributed by atoms with E-state index in [2.05, 4.69) is 11.4 Å². The summed E-state index contributed by atoms with van der Waals surface area (Å²) in [7, 11) is 0. The van der Waals surface area contributed by atoms with Crippen molar-refractivity contribution >= 4 is 11.4 Å². The minimum absolute atomic E-state index is 0.638. The number of nitrogens with zero attached hydrogens (tertiary/aromatic N) is 1. The molecule has 0 fully saturated rings. The topological polar surface area (TPSA) is 45.0 Å². The molecule has 2 rings (SSSR count). The molecule has 0 unspecified atom stereocenters. The maximum Gasteiger partial charge on any atom is 0.119 e. The zero-order chi connectivity index (χ0) is 13.7. The summed E-state index contributed by atoms with van der Waals surface area (Å²) in [6.07, 6.45) is 0. The SMILES string of the molecule is CCOc1ccc(Nc2cc(C)ccc2C#N)cc1. The predicted molar refractivity (Wildman–Crippen MR) is 76.8 cm³/mol. The van der Waals surface area contributed by atoms with Gasteiger partial charge >= 0.3 is 0 Å². The van der Waals surface area contributed by atoms with Gasteiger partial charge in [-0.25, -0.2) is 0 Å². The van der Waals surface area contributed by atoms with E-state index in [1.807, 2.05) is 56.3 Å². The van der Waals surface area contributed by atoms with Gasteiger partial charge in [0.1, 0.15) is 11.8 Å². The molecule has 1 N–H and O–H groups in total. The van der Waals surface area contributed by atoms with Crippen LogP contribution in [0.25, 0.3) is 0 Å². The summed E-state index contributed by atoms with van der Waals surface area (Å²) in [6.45, 7) is 4.62. The first-order chi connectivity index (χ1) is 9.22. The average Bonchev–Trinajstić information content (AvgIpc) is 2.42. The number of hydrogen-bond acceptors (Lipinski definition) is 3. The fraction of sp³-hybridized carbons (Fsp3) is 0.188. The Labute approximate surface area is 113 Å². The highest BCUT2D eigenvalue weighted by atomic mass is 16.5. The normalized spacial score (nSPS) is 9.74. The van der Waals surface area contributed by atoms with Crippen molar-refractivity contribution in [1.82, 2.24) is 0 Å². The Hall–Kier alpha value is -2.47. The minimum Gasteiger partial charge on any atom is -0.494 e. The van der Waals surface area contributed by atoms with Crippen LogP contribution in [-0.4, -0.2) is 6.61 Å². The van der Waals surface area contributed by atoms with Gasteiger partial charge in [-0.3, -0.25) is 0 Å². The van der Waals surface area contributed by atoms with Crippen molar-refractivity contribution < 1.29 is 4.74 Å². The second-order valence-electron chi connectivity index (χ2n) is 4.24. The molecule has 0 spiro atoms. The van der Waals surface area contributed by atoms with Crippen LogP contribution in [0.4, 0.5) is 11.4 Å². The number of hydrogen-bond donors (Lipinski definition) is 1. The third kappa shape index (κ3) is 3.26. The second kappa shape index (κ2) is 5.92. The maximum absolute atomic E-state index is 9.09. The highest BCUT2D eigenvalue weighted by Crippen LogP contribution is 2.23. The number of nitriles is 1. The lowest BCUT2D eigenvalue weighted by Crippen LogP contribution is -1.95. The molecular formula is C16H16N2O. The number of aryl methyl sites for hydroxylation is 1. The molecule has 3 nitrogen and oxygen atoms in total. The first-order valence-electron chi connectivity index (χ1n) is 6.23. The molecule has 0 saturated carbocycles. The van der Waals surface area contributed by atoms with E-state index in [4.69, 9.17) is 10.00 Å². The molecule has 0 saturated heterocycles. The highest BCUT2D eigenvalue weighted by Gasteiger charge is 2.03. The largest absolute Gasteiger partial charge is 0.494 e. The first kappa shape index (κ1) is 13.0. The number of ether oxygens (including phenoxy) is 1. The molecule has 2 aromatic carbocycles. The zero-order valence-electron chi connectivity index (χ0n) is 11.1. The molecule has 0 atom stereocenters. The molecule has 2 aromatic rings. The van der Waals surface area contributed by atoms with E-state index in [1.165, 1.54) is 0 Å². The van der Waals surface area contributed by atoms with E-state index in [9.17, 15) is 0 Å². The monoisotopic (exact) mass is 252 g/mol. The van der Waals surface area contributed by atoms with Crippen molar-refractivity contribution in [2.24, 2.45) is 0 Å². The van der Waals surface area contributed by atoms with Gasteiger partial charge in [0.05, 0.1) is 17.9 Å². The zero-order valence-corrected chi connectivity index (χ0v) is 11.1. The third-order valence-corrected chi connectivity index (χ3v) is 2.74. The molecule has 0 radical (unpaired) electrons. The molecule has 96 valence electrons. The van der Waals surface area contributed by atoms with Crippen LogP contribution in [0.15, 0.2) is 42.5 Å². The second-order valence-corrected chi connectivity index (χ2v) is 4.24. The summed E-state index contributed by atoms with van der Waals surface area (Å²) >= 11 is 0. The van der Waals surface area contributed by atoms with Crippen molar-refractivity contribution in [1.29, 1.82) is 5.26 Å². The van der Waals surface area contributed by atoms with E-state index in [0.29, 0.717) is 12.2 Å². The molecule has 0 amide bonds. The molecule has 3 heteroatoms. The summed E-state index contributed by atoms with van der Waals surface area (Å²) in [4.78, 5) is 0. The molecule has 0 aliphatic carbocycles. The summed E-state index contributed by atoms with van der Waals surface area (Å²) in [5, 5.41) is 12.3. The van der Waals surface area contributed by atoms with E-state index in [0.717, 1.165) is 22.7 Å². The average molecular weight is 252 g/mol.